The quantitative estimate of drug-likeness (QED) is 0.833. The predicted octanol–water partition coefficient (Wildman–Crippen LogP) is 0.878. The monoisotopic (exact) mass is 271 g/mol. The molecule has 1 rings (SSSR count). The highest BCUT2D eigenvalue weighted by Gasteiger charge is 2.14. The van der Waals surface area contributed by atoms with Gasteiger partial charge in [0.15, 0.2) is 0 Å². The highest BCUT2D eigenvalue weighted by Crippen LogP contribution is 2.24. The van der Waals surface area contributed by atoms with Crippen molar-refractivity contribution in [3.05, 3.63) is 42.1 Å². The minimum Gasteiger partial charge on any atom is -0.369 e. The number of carbonyl (C=O) groups excluding carboxylic acids is 1. The van der Waals surface area contributed by atoms with Crippen molar-refractivity contribution < 1.29 is 17.6 Å². The summed E-state index contributed by atoms with van der Waals surface area (Å²) < 4.78 is 38.0. The molecule has 0 aliphatic carbocycles. The van der Waals surface area contributed by atoms with Crippen LogP contribution in [0.3, 0.4) is 0 Å². The number of hydrogen-bond donors (Lipinski definition) is 2. The molecule has 0 saturated carbocycles. The molecule has 0 atom stereocenters. The lowest BCUT2D eigenvalue weighted by molar-refractivity contribution is -0.114. The number of anilines is 1. The first-order valence-electron chi connectivity index (χ1n) is 4.81. The van der Waals surface area contributed by atoms with Gasteiger partial charge in [0, 0.05) is 5.56 Å². The van der Waals surface area contributed by atoms with Gasteiger partial charge in [0.05, 0.1) is 18.4 Å². The van der Waals surface area contributed by atoms with E-state index in [-0.39, 0.29) is 16.8 Å². The van der Waals surface area contributed by atoms with Crippen molar-refractivity contribution in [1.29, 1.82) is 0 Å². The average Bonchev–Trinajstić information content (AvgIpc) is 2.19. The number of carbonyl (C=O) groups is 1. The summed E-state index contributed by atoms with van der Waals surface area (Å²) in [5.74, 6) is -1.54. The first-order chi connectivity index (χ1) is 8.23. The molecule has 0 aliphatic heterocycles. The molecule has 0 unspecified atom stereocenters. The highest BCUT2D eigenvalue weighted by molar-refractivity contribution is 7.92. The SMILES string of the molecule is C=Cc1cc([CH]C(N)=O)cc(F)c1NS(C)(=O)=O. The number of halogens is 1. The van der Waals surface area contributed by atoms with Gasteiger partial charge in [0.25, 0.3) is 0 Å². The van der Waals surface area contributed by atoms with E-state index in [0.717, 1.165) is 18.7 Å². The molecule has 1 aromatic rings. The Hall–Kier alpha value is -1.89. The Kier molecular flexibility index (Phi) is 4.07. The maximum atomic E-state index is 13.7. The molecule has 1 aromatic carbocycles. The zero-order valence-corrected chi connectivity index (χ0v) is 10.4. The molecule has 1 amide bonds. The van der Waals surface area contributed by atoms with E-state index < -0.39 is 21.7 Å². The van der Waals surface area contributed by atoms with E-state index in [0.29, 0.717) is 0 Å². The number of amides is 1. The molecule has 5 nitrogen and oxygen atoms in total. The van der Waals surface area contributed by atoms with E-state index in [4.69, 9.17) is 5.73 Å². The van der Waals surface area contributed by atoms with E-state index in [9.17, 15) is 17.6 Å². The number of sulfonamides is 1. The van der Waals surface area contributed by atoms with Crippen LogP contribution < -0.4 is 10.5 Å². The summed E-state index contributed by atoms with van der Waals surface area (Å²) in [5, 5.41) is 0. The summed E-state index contributed by atoms with van der Waals surface area (Å²) in [6.07, 6.45) is 3.21. The van der Waals surface area contributed by atoms with Crippen molar-refractivity contribution in [2.24, 2.45) is 5.73 Å². The molecule has 97 valence electrons. The summed E-state index contributed by atoms with van der Waals surface area (Å²) in [7, 11) is -3.61. The maximum absolute atomic E-state index is 13.7. The molecule has 18 heavy (non-hydrogen) atoms. The van der Waals surface area contributed by atoms with Crippen LogP contribution in [-0.4, -0.2) is 20.6 Å². The second-order valence-corrected chi connectivity index (χ2v) is 5.34. The molecule has 0 aromatic heterocycles. The van der Waals surface area contributed by atoms with Crippen molar-refractivity contribution >= 4 is 27.7 Å². The maximum Gasteiger partial charge on any atom is 0.229 e. The highest BCUT2D eigenvalue weighted by atomic mass is 32.2. The van der Waals surface area contributed by atoms with Crippen LogP contribution in [0.4, 0.5) is 10.1 Å². The Morgan fingerprint density at radius 3 is 2.56 bits per heavy atom. The second kappa shape index (κ2) is 5.18. The van der Waals surface area contributed by atoms with Gasteiger partial charge in [-0.25, -0.2) is 12.8 Å². The van der Waals surface area contributed by atoms with Crippen LogP contribution in [0.15, 0.2) is 18.7 Å². The first-order valence-corrected chi connectivity index (χ1v) is 6.70. The van der Waals surface area contributed by atoms with Crippen LogP contribution in [0.25, 0.3) is 6.08 Å². The zero-order valence-electron chi connectivity index (χ0n) is 9.60. The summed E-state index contributed by atoms with van der Waals surface area (Å²) in [5.41, 5.74) is 5.18. The summed E-state index contributed by atoms with van der Waals surface area (Å²) >= 11 is 0. The Balaban J connectivity index is 3.28. The normalized spacial score (nSPS) is 11.0. The van der Waals surface area contributed by atoms with Gasteiger partial charge >= 0.3 is 0 Å². The van der Waals surface area contributed by atoms with Crippen molar-refractivity contribution in [3.8, 4) is 0 Å². The summed E-state index contributed by atoms with van der Waals surface area (Å²) in [4.78, 5) is 10.7. The van der Waals surface area contributed by atoms with Crippen molar-refractivity contribution in [2.75, 3.05) is 11.0 Å². The average molecular weight is 271 g/mol. The number of benzene rings is 1. The molecular formula is C11H12FN2O3S. The van der Waals surface area contributed by atoms with Crippen LogP contribution >= 0.6 is 0 Å². The van der Waals surface area contributed by atoms with Crippen LogP contribution in [0.1, 0.15) is 11.1 Å². The second-order valence-electron chi connectivity index (χ2n) is 3.59. The van der Waals surface area contributed by atoms with E-state index in [2.05, 4.69) is 6.58 Å². The van der Waals surface area contributed by atoms with E-state index in [1.54, 1.807) is 0 Å². The van der Waals surface area contributed by atoms with Crippen molar-refractivity contribution in [1.82, 2.24) is 0 Å². The third-order valence-corrected chi connectivity index (χ3v) is 2.53. The third kappa shape index (κ3) is 3.85. The van der Waals surface area contributed by atoms with Gasteiger partial charge in [-0.3, -0.25) is 9.52 Å². The van der Waals surface area contributed by atoms with Gasteiger partial charge < -0.3 is 5.73 Å². The fraction of sp³-hybridized carbons (Fsp3) is 0.0909. The van der Waals surface area contributed by atoms with Crippen molar-refractivity contribution in [3.63, 3.8) is 0 Å². The topological polar surface area (TPSA) is 89.3 Å². The Bertz CT molecular complexity index is 597. The van der Waals surface area contributed by atoms with Crippen LogP contribution in [0.2, 0.25) is 0 Å². The Morgan fingerprint density at radius 2 is 2.11 bits per heavy atom. The lowest BCUT2D eigenvalue weighted by Crippen LogP contribution is -2.14. The summed E-state index contributed by atoms with van der Waals surface area (Å²) in [6.45, 7) is 3.45. The molecular weight excluding hydrogens is 259 g/mol. The lowest BCUT2D eigenvalue weighted by Gasteiger charge is -2.11. The minimum atomic E-state index is -3.61. The van der Waals surface area contributed by atoms with Gasteiger partial charge in [-0.2, -0.15) is 0 Å². The predicted molar refractivity (Wildman–Crippen MR) is 67.6 cm³/mol. The minimum absolute atomic E-state index is 0.214. The van der Waals surface area contributed by atoms with E-state index in [1.807, 2.05) is 4.72 Å². The van der Waals surface area contributed by atoms with Gasteiger partial charge in [0.1, 0.15) is 5.82 Å². The number of primary amides is 1. The fourth-order valence-electron chi connectivity index (χ4n) is 1.35. The molecule has 0 bridgehead atoms. The Morgan fingerprint density at radius 1 is 1.50 bits per heavy atom. The lowest BCUT2D eigenvalue weighted by atomic mass is 10.1. The molecule has 1 radical (unpaired) electrons. The smallest absolute Gasteiger partial charge is 0.229 e. The number of hydrogen-bond acceptors (Lipinski definition) is 3. The number of rotatable bonds is 5. The molecule has 7 heteroatoms. The van der Waals surface area contributed by atoms with E-state index in [1.165, 1.54) is 12.1 Å². The summed E-state index contributed by atoms with van der Waals surface area (Å²) in [6, 6.07) is 2.40. The largest absolute Gasteiger partial charge is 0.369 e. The molecule has 0 aliphatic rings. The van der Waals surface area contributed by atoms with E-state index >= 15 is 0 Å². The van der Waals surface area contributed by atoms with Crippen LogP contribution in [-0.2, 0) is 14.8 Å². The van der Waals surface area contributed by atoms with Gasteiger partial charge in [-0.05, 0) is 17.7 Å². The van der Waals surface area contributed by atoms with Gasteiger partial charge in [-0.15, -0.1) is 0 Å². The molecule has 0 fully saturated rings. The van der Waals surface area contributed by atoms with Crippen LogP contribution in [0.5, 0.6) is 0 Å². The molecule has 3 N–H and O–H groups in total. The fourth-order valence-corrected chi connectivity index (χ4v) is 1.94. The molecule has 0 heterocycles. The van der Waals surface area contributed by atoms with Gasteiger partial charge in [0.2, 0.25) is 15.9 Å². The standard InChI is InChI=1S/C11H12FN2O3S/c1-3-8-4-7(6-10(13)15)5-9(12)11(8)14-18(2,16)17/h3-6,14H,1H2,2H3,(H2,13,15). The van der Waals surface area contributed by atoms with Crippen LogP contribution in [0, 0.1) is 12.2 Å². The number of nitrogens with two attached hydrogens (primary N) is 1. The van der Waals surface area contributed by atoms with Crippen molar-refractivity contribution in [2.45, 2.75) is 0 Å². The van der Waals surface area contributed by atoms with Gasteiger partial charge in [-0.1, -0.05) is 12.7 Å². The first kappa shape index (κ1) is 14.2. The Labute approximate surface area is 105 Å². The molecule has 0 spiro atoms. The third-order valence-electron chi connectivity index (χ3n) is 1.96. The zero-order chi connectivity index (χ0) is 13.9. The molecule has 0 saturated heterocycles. The number of nitrogens with one attached hydrogen (secondary N) is 1.